The second kappa shape index (κ2) is 6.34. The van der Waals surface area contributed by atoms with Crippen molar-refractivity contribution in [2.24, 2.45) is 0 Å². The van der Waals surface area contributed by atoms with Gasteiger partial charge in [0.25, 0.3) is 5.91 Å². The molecule has 5 heteroatoms. The molecule has 2 heterocycles. The number of hydrogen-bond acceptors (Lipinski definition) is 4. The fourth-order valence-electron chi connectivity index (χ4n) is 2.80. The highest BCUT2D eigenvalue weighted by atomic mass is 32.2. The Bertz CT molecular complexity index is 764. The maximum absolute atomic E-state index is 12.7. The number of nitrogens with zero attached hydrogens (tertiary/aromatic N) is 2. The van der Waals surface area contributed by atoms with Crippen molar-refractivity contribution in [1.82, 2.24) is 4.90 Å². The van der Waals surface area contributed by atoms with Crippen LogP contribution in [0.4, 0.5) is 5.69 Å². The number of rotatable bonds is 3. The summed E-state index contributed by atoms with van der Waals surface area (Å²) in [5.74, 6) is -0.0332. The third-order valence-electron chi connectivity index (χ3n) is 3.90. The Labute approximate surface area is 146 Å². The molecule has 3 rings (SSSR count). The van der Waals surface area contributed by atoms with Crippen LogP contribution >= 0.6 is 24.0 Å². The molecule has 3 nitrogen and oxygen atoms in total. The number of carbonyl (C=O) groups excluding carboxylic acids is 1. The van der Waals surface area contributed by atoms with E-state index in [-0.39, 0.29) is 5.91 Å². The van der Waals surface area contributed by atoms with E-state index >= 15 is 0 Å². The number of aryl methyl sites for hydroxylation is 1. The molecule has 1 aromatic carbocycles. The number of allylic oxidation sites excluding steroid dienone is 1. The van der Waals surface area contributed by atoms with E-state index in [2.05, 4.69) is 49.6 Å². The van der Waals surface area contributed by atoms with Gasteiger partial charge >= 0.3 is 0 Å². The number of hydrogen-bond donors (Lipinski definition) is 0. The molecule has 0 aromatic heterocycles. The first kappa shape index (κ1) is 16.0. The SMILES string of the molecule is C=CCN1C(=O)/C(=C2/C=Cc3ccc(C)cc3N2CC)SC1=S. The van der Waals surface area contributed by atoms with Crippen molar-refractivity contribution in [2.45, 2.75) is 13.8 Å². The van der Waals surface area contributed by atoms with Crippen LogP contribution in [0.1, 0.15) is 18.1 Å². The lowest BCUT2D eigenvalue weighted by molar-refractivity contribution is -0.121. The normalized spacial score (nSPS) is 20.3. The summed E-state index contributed by atoms with van der Waals surface area (Å²) in [5, 5.41) is 0. The van der Waals surface area contributed by atoms with Gasteiger partial charge in [0.2, 0.25) is 0 Å². The third kappa shape index (κ3) is 2.75. The summed E-state index contributed by atoms with van der Waals surface area (Å²) in [5.41, 5.74) is 4.44. The van der Waals surface area contributed by atoms with Crippen molar-refractivity contribution in [3.8, 4) is 0 Å². The Morgan fingerprint density at radius 3 is 2.78 bits per heavy atom. The zero-order valence-electron chi connectivity index (χ0n) is 13.2. The largest absolute Gasteiger partial charge is 0.340 e. The molecule has 0 radical (unpaired) electrons. The van der Waals surface area contributed by atoms with E-state index in [1.54, 1.807) is 11.0 Å². The van der Waals surface area contributed by atoms with Crippen molar-refractivity contribution < 1.29 is 4.79 Å². The lowest BCUT2D eigenvalue weighted by Gasteiger charge is -2.30. The molecule has 0 bridgehead atoms. The topological polar surface area (TPSA) is 23.6 Å². The highest BCUT2D eigenvalue weighted by molar-refractivity contribution is 8.26. The van der Waals surface area contributed by atoms with Crippen molar-refractivity contribution in [1.29, 1.82) is 0 Å². The molecule has 1 fully saturated rings. The summed E-state index contributed by atoms with van der Waals surface area (Å²) < 4.78 is 0.594. The average molecular weight is 342 g/mol. The van der Waals surface area contributed by atoms with Crippen LogP contribution in [0.2, 0.25) is 0 Å². The summed E-state index contributed by atoms with van der Waals surface area (Å²) in [6, 6.07) is 6.38. The molecular formula is C18H18N2OS2. The molecule has 1 amide bonds. The summed E-state index contributed by atoms with van der Waals surface area (Å²) in [6.07, 6.45) is 5.78. The second-order valence-electron chi connectivity index (χ2n) is 5.43. The molecule has 0 spiro atoms. The van der Waals surface area contributed by atoms with Gasteiger partial charge in [0.15, 0.2) is 0 Å². The summed E-state index contributed by atoms with van der Waals surface area (Å²) in [6.45, 7) is 9.11. The Morgan fingerprint density at radius 2 is 2.09 bits per heavy atom. The van der Waals surface area contributed by atoms with Gasteiger partial charge < -0.3 is 4.90 Å². The molecular weight excluding hydrogens is 324 g/mol. The predicted octanol–water partition coefficient (Wildman–Crippen LogP) is 4.11. The Morgan fingerprint density at radius 1 is 1.30 bits per heavy atom. The number of thioether (sulfide) groups is 1. The molecule has 118 valence electrons. The van der Waals surface area contributed by atoms with Crippen LogP contribution in [0.25, 0.3) is 6.08 Å². The monoisotopic (exact) mass is 342 g/mol. The van der Waals surface area contributed by atoms with Crippen molar-refractivity contribution in [3.05, 3.63) is 58.7 Å². The van der Waals surface area contributed by atoms with Crippen LogP contribution in [0, 0.1) is 6.92 Å². The summed E-state index contributed by atoms with van der Waals surface area (Å²) in [7, 11) is 0. The fourth-order valence-corrected chi connectivity index (χ4v) is 4.13. The maximum atomic E-state index is 12.7. The summed E-state index contributed by atoms with van der Waals surface area (Å²) in [4.78, 5) is 17.2. The zero-order valence-corrected chi connectivity index (χ0v) is 14.8. The van der Waals surface area contributed by atoms with Gasteiger partial charge in [0.1, 0.15) is 9.23 Å². The minimum absolute atomic E-state index is 0.0332. The van der Waals surface area contributed by atoms with Crippen molar-refractivity contribution >= 4 is 46.0 Å². The molecule has 1 aromatic rings. The molecule has 0 N–H and O–H groups in total. The van der Waals surface area contributed by atoms with Crippen LogP contribution in [0.15, 0.2) is 47.5 Å². The quantitative estimate of drug-likeness (QED) is 0.469. The zero-order chi connectivity index (χ0) is 16.6. The number of likely N-dealkylation sites (N-methyl/N-ethyl adjacent to an activating group) is 1. The fraction of sp³-hybridized carbons (Fsp3) is 0.222. The van der Waals surface area contributed by atoms with Crippen LogP contribution in [-0.2, 0) is 4.79 Å². The number of fused-ring (bicyclic) bond motifs is 1. The van der Waals surface area contributed by atoms with Crippen LogP contribution in [-0.4, -0.2) is 28.2 Å². The Hall–Kier alpha value is -1.85. The van der Waals surface area contributed by atoms with E-state index in [4.69, 9.17) is 12.2 Å². The molecule has 0 aliphatic carbocycles. The van der Waals surface area contributed by atoms with Gasteiger partial charge in [-0.1, -0.05) is 48.3 Å². The van der Waals surface area contributed by atoms with Crippen molar-refractivity contribution in [2.75, 3.05) is 18.0 Å². The second-order valence-corrected chi connectivity index (χ2v) is 7.07. The van der Waals surface area contributed by atoms with Gasteiger partial charge in [0, 0.05) is 18.8 Å². The minimum atomic E-state index is -0.0332. The first-order valence-electron chi connectivity index (χ1n) is 7.52. The van der Waals surface area contributed by atoms with Gasteiger partial charge in [0.05, 0.1) is 5.70 Å². The lowest BCUT2D eigenvalue weighted by atomic mass is 10.0. The minimum Gasteiger partial charge on any atom is -0.340 e. The standard InChI is InChI=1S/C18H18N2OS2/c1-4-10-20-17(21)16(23-18(20)22)14-9-8-13-7-6-12(3)11-15(13)19(14)5-2/h4,6-9,11H,1,5,10H2,2-3H3/b16-14+. The molecule has 2 aliphatic heterocycles. The van der Waals surface area contributed by atoms with Crippen LogP contribution in [0.5, 0.6) is 0 Å². The number of amides is 1. The highest BCUT2D eigenvalue weighted by Crippen LogP contribution is 2.39. The molecule has 2 aliphatic rings. The Balaban J connectivity index is 2.08. The smallest absolute Gasteiger partial charge is 0.268 e. The van der Waals surface area contributed by atoms with Crippen molar-refractivity contribution in [3.63, 3.8) is 0 Å². The number of benzene rings is 1. The maximum Gasteiger partial charge on any atom is 0.268 e. The van der Waals surface area contributed by atoms with E-state index in [9.17, 15) is 4.79 Å². The van der Waals surface area contributed by atoms with E-state index < -0.39 is 0 Å². The highest BCUT2D eigenvalue weighted by Gasteiger charge is 2.35. The lowest BCUT2D eigenvalue weighted by Crippen LogP contribution is -2.30. The Kier molecular flexibility index (Phi) is 4.41. The molecule has 23 heavy (non-hydrogen) atoms. The van der Waals surface area contributed by atoms with Crippen LogP contribution < -0.4 is 4.90 Å². The molecule has 0 atom stereocenters. The third-order valence-corrected chi connectivity index (χ3v) is 5.35. The van der Waals surface area contributed by atoms with Gasteiger partial charge in [-0.15, -0.1) is 6.58 Å². The molecule has 0 unspecified atom stereocenters. The number of anilines is 1. The number of thiocarbonyl (C=S) groups is 1. The van der Waals surface area contributed by atoms with Gasteiger partial charge in [-0.3, -0.25) is 9.69 Å². The molecule has 1 saturated heterocycles. The first-order chi connectivity index (χ1) is 11.1. The van der Waals surface area contributed by atoms with Gasteiger partial charge in [-0.05, 0) is 37.1 Å². The van der Waals surface area contributed by atoms with Gasteiger partial charge in [-0.25, -0.2) is 0 Å². The van der Waals surface area contributed by atoms with E-state index in [0.717, 1.165) is 17.9 Å². The predicted molar refractivity (Wildman–Crippen MR) is 102 cm³/mol. The van der Waals surface area contributed by atoms with E-state index in [1.807, 2.05) is 6.08 Å². The van der Waals surface area contributed by atoms with Gasteiger partial charge in [-0.2, -0.15) is 0 Å². The summed E-state index contributed by atoms with van der Waals surface area (Å²) >= 11 is 6.72. The molecule has 0 saturated carbocycles. The first-order valence-corrected chi connectivity index (χ1v) is 8.74. The van der Waals surface area contributed by atoms with Crippen LogP contribution in [0.3, 0.4) is 0 Å². The van der Waals surface area contributed by atoms with E-state index in [1.165, 1.54) is 22.9 Å². The average Bonchev–Trinajstić information content (AvgIpc) is 2.82. The van der Waals surface area contributed by atoms with E-state index in [0.29, 0.717) is 15.8 Å². The number of carbonyl (C=O) groups is 1.